The predicted octanol–water partition coefficient (Wildman–Crippen LogP) is 3.08. The van der Waals surface area contributed by atoms with E-state index < -0.39 is 6.10 Å². The first kappa shape index (κ1) is 13.0. The van der Waals surface area contributed by atoms with Crippen LogP contribution in [-0.4, -0.2) is 22.8 Å². The van der Waals surface area contributed by atoms with E-state index in [0.717, 1.165) is 22.8 Å². The molecule has 1 N–H and O–H groups in total. The fourth-order valence-corrected chi connectivity index (χ4v) is 2.25. The molecule has 0 spiro atoms. The second-order valence-corrected chi connectivity index (χ2v) is 4.29. The molecular formula is C15H19NO2. The number of aliphatic hydroxyl groups is 1. The molecule has 3 nitrogen and oxygen atoms in total. The third kappa shape index (κ3) is 2.52. The van der Waals surface area contributed by atoms with E-state index in [9.17, 15) is 5.11 Å². The van der Waals surface area contributed by atoms with Crippen LogP contribution in [-0.2, 0) is 4.74 Å². The Kier molecular flexibility index (Phi) is 4.28. The average molecular weight is 245 g/mol. The highest BCUT2D eigenvalue weighted by molar-refractivity contribution is 5.85. The summed E-state index contributed by atoms with van der Waals surface area (Å²) in [4.78, 5) is 4.10. The van der Waals surface area contributed by atoms with Gasteiger partial charge >= 0.3 is 0 Å². The number of ether oxygens (including phenoxy) is 1. The molecule has 0 fully saturated rings. The fraction of sp³-hybridized carbons (Fsp3) is 0.400. The van der Waals surface area contributed by atoms with Crippen molar-refractivity contribution in [2.24, 2.45) is 0 Å². The summed E-state index contributed by atoms with van der Waals surface area (Å²) in [5, 5.41) is 12.5. The van der Waals surface area contributed by atoms with Gasteiger partial charge in [0.25, 0.3) is 0 Å². The van der Waals surface area contributed by atoms with Crippen molar-refractivity contribution in [3.05, 3.63) is 42.2 Å². The van der Waals surface area contributed by atoms with Crippen LogP contribution in [0.4, 0.5) is 0 Å². The lowest BCUT2D eigenvalue weighted by Crippen LogP contribution is -2.21. The van der Waals surface area contributed by atoms with Gasteiger partial charge in [0.1, 0.15) is 6.10 Å². The molecule has 1 aromatic carbocycles. The number of nitrogens with zero attached hydrogens (tertiary/aromatic N) is 1. The highest BCUT2D eigenvalue weighted by Crippen LogP contribution is 2.28. The van der Waals surface area contributed by atoms with Gasteiger partial charge in [0.05, 0.1) is 6.10 Å². The fourth-order valence-electron chi connectivity index (χ4n) is 2.25. The Morgan fingerprint density at radius 1 is 1.28 bits per heavy atom. The Hall–Kier alpha value is -1.45. The molecule has 0 bridgehead atoms. The van der Waals surface area contributed by atoms with E-state index in [2.05, 4.69) is 4.98 Å². The number of fused-ring (bicyclic) bond motifs is 1. The second kappa shape index (κ2) is 5.94. The molecule has 2 atom stereocenters. The molecule has 2 aromatic rings. The third-order valence-electron chi connectivity index (χ3n) is 3.17. The molecule has 96 valence electrons. The number of hydrogen-bond acceptors (Lipinski definition) is 3. The minimum atomic E-state index is -0.596. The van der Waals surface area contributed by atoms with Gasteiger partial charge in [-0.05, 0) is 30.4 Å². The maximum Gasteiger partial charge on any atom is 0.106 e. The molecule has 2 unspecified atom stereocenters. The first-order chi connectivity index (χ1) is 8.77. The normalized spacial score (nSPS) is 14.6. The Morgan fingerprint density at radius 2 is 2.11 bits per heavy atom. The topological polar surface area (TPSA) is 42.4 Å². The maximum absolute atomic E-state index is 10.5. The minimum Gasteiger partial charge on any atom is -0.386 e. The van der Waals surface area contributed by atoms with Crippen LogP contribution in [0.15, 0.2) is 36.7 Å². The molecule has 2 rings (SSSR count). The molecule has 18 heavy (non-hydrogen) atoms. The van der Waals surface area contributed by atoms with Crippen LogP contribution in [0.1, 0.15) is 31.9 Å². The summed E-state index contributed by atoms with van der Waals surface area (Å²) in [5.41, 5.74) is 0.912. The van der Waals surface area contributed by atoms with Crippen LogP contribution in [0, 0.1) is 0 Å². The molecule has 3 heteroatoms. The van der Waals surface area contributed by atoms with Gasteiger partial charge < -0.3 is 9.84 Å². The molecule has 0 saturated carbocycles. The first-order valence-corrected chi connectivity index (χ1v) is 6.40. The molecule has 1 heterocycles. The molecule has 0 aliphatic rings. The summed E-state index contributed by atoms with van der Waals surface area (Å²) in [6, 6.07) is 7.84. The van der Waals surface area contributed by atoms with Gasteiger partial charge in [-0.3, -0.25) is 4.98 Å². The third-order valence-corrected chi connectivity index (χ3v) is 3.17. The van der Waals surface area contributed by atoms with Gasteiger partial charge in [-0.15, -0.1) is 0 Å². The Bertz CT molecular complexity index is 507. The quantitative estimate of drug-likeness (QED) is 0.880. The smallest absolute Gasteiger partial charge is 0.106 e. The van der Waals surface area contributed by atoms with E-state index in [-0.39, 0.29) is 6.10 Å². The van der Waals surface area contributed by atoms with Gasteiger partial charge in [-0.1, -0.05) is 25.1 Å². The van der Waals surface area contributed by atoms with Crippen molar-refractivity contribution in [1.82, 2.24) is 4.98 Å². The minimum absolute atomic E-state index is 0.159. The van der Waals surface area contributed by atoms with Crippen molar-refractivity contribution >= 4 is 10.8 Å². The van der Waals surface area contributed by atoms with Crippen LogP contribution in [0.25, 0.3) is 10.8 Å². The Balaban J connectivity index is 2.40. The number of benzene rings is 1. The van der Waals surface area contributed by atoms with Crippen molar-refractivity contribution in [3.63, 3.8) is 0 Å². The van der Waals surface area contributed by atoms with Crippen LogP contribution in [0.3, 0.4) is 0 Å². The summed E-state index contributed by atoms with van der Waals surface area (Å²) < 4.78 is 5.59. The lowest BCUT2D eigenvalue weighted by molar-refractivity contribution is -0.0349. The number of aliphatic hydroxyl groups excluding tert-OH is 1. The van der Waals surface area contributed by atoms with E-state index in [1.807, 2.05) is 44.3 Å². The first-order valence-electron chi connectivity index (χ1n) is 6.40. The molecule has 0 aliphatic carbocycles. The zero-order valence-corrected chi connectivity index (χ0v) is 10.8. The number of pyridine rings is 1. The largest absolute Gasteiger partial charge is 0.386 e. The molecular weight excluding hydrogens is 226 g/mol. The number of rotatable bonds is 5. The zero-order valence-electron chi connectivity index (χ0n) is 10.8. The maximum atomic E-state index is 10.5. The zero-order chi connectivity index (χ0) is 13.0. The van der Waals surface area contributed by atoms with Gasteiger partial charge in [0, 0.05) is 24.4 Å². The SMILES string of the molecule is CCOC(CC)C(O)c1cccc2cnccc12. The van der Waals surface area contributed by atoms with E-state index in [1.165, 1.54) is 0 Å². The lowest BCUT2D eigenvalue weighted by atomic mass is 9.97. The van der Waals surface area contributed by atoms with Gasteiger partial charge in [0.15, 0.2) is 0 Å². The van der Waals surface area contributed by atoms with Gasteiger partial charge in [-0.2, -0.15) is 0 Å². The molecule has 0 amide bonds. The molecule has 1 aromatic heterocycles. The van der Waals surface area contributed by atoms with Crippen LogP contribution in [0.5, 0.6) is 0 Å². The van der Waals surface area contributed by atoms with E-state index in [0.29, 0.717) is 6.61 Å². The van der Waals surface area contributed by atoms with Crippen molar-refractivity contribution in [3.8, 4) is 0 Å². The van der Waals surface area contributed by atoms with Crippen molar-refractivity contribution in [2.45, 2.75) is 32.5 Å². The molecule has 0 aliphatic heterocycles. The Morgan fingerprint density at radius 3 is 2.83 bits per heavy atom. The van der Waals surface area contributed by atoms with Crippen molar-refractivity contribution in [1.29, 1.82) is 0 Å². The van der Waals surface area contributed by atoms with Crippen LogP contribution >= 0.6 is 0 Å². The van der Waals surface area contributed by atoms with Crippen molar-refractivity contribution in [2.75, 3.05) is 6.61 Å². The van der Waals surface area contributed by atoms with Gasteiger partial charge in [0.2, 0.25) is 0 Å². The van der Waals surface area contributed by atoms with E-state index in [4.69, 9.17) is 4.74 Å². The summed E-state index contributed by atoms with van der Waals surface area (Å²) in [6.45, 7) is 4.58. The van der Waals surface area contributed by atoms with Crippen LogP contribution in [0.2, 0.25) is 0 Å². The Labute approximate surface area is 107 Å². The number of hydrogen-bond donors (Lipinski definition) is 1. The van der Waals surface area contributed by atoms with Crippen LogP contribution < -0.4 is 0 Å². The highest BCUT2D eigenvalue weighted by atomic mass is 16.5. The summed E-state index contributed by atoms with van der Waals surface area (Å²) in [5.74, 6) is 0. The summed E-state index contributed by atoms with van der Waals surface area (Å²) >= 11 is 0. The number of aromatic nitrogens is 1. The monoisotopic (exact) mass is 245 g/mol. The predicted molar refractivity (Wildman–Crippen MR) is 72.4 cm³/mol. The summed E-state index contributed by atoms with van der Waals surface area (Å²) in [6.07, 6.45) is 3.60. The lowest BCUT2D eigenvalue weighted by Gasteiger charge is -2.23. The van der Waals surface area contributed by atoms with Crippen molar-refractivity contribution < 1.29 is 9.84 Å². The van der Waals surface area contributed by atoms with E-state index in [1.54, 1.807) is 6.20 Å². The molecule has 0 radical (unpaired) electrons. The summed E-state index contributed by atoms with van der Waals surface area (Å²) in [7, 11) is 0. The van der Waals surface area contributed by atoms with Gasteiger partial charge in [-0.25, -0.2) is 0 Å². The average Bonchev–Trinajstić information content (AvgIpc) is 2.43. The van der Waals surface area contributed by atoms with E-state index >= 15 is 0 Å². The second-order valence-electron chi connectivity index (χ2n) is 4.29. The molecule has 0 saturated heterocycles. The highest BCUT2D eigenvalue weighted by Gasteiger charge is 2.21. The standard InChI is InChI=1S/C15H19NO2/c1-3-14(18-4-2)15(17)13-7-5-6-11-10-16-9-8-12(11)13/h5-10,14-15,17H,3-4H2,1-2H3.